The second-order valence-electron chi connectivity index (χ2n) is 9.78. The summed E-state index contributed by atoms with van der Waals surface area (Å²) in [5, 5.41) is 18.2. The number of thiophene rings is 1. The van der Waals surface area contributed by atoms with Gasteiger partial charge in [-0.3, -0.25) is 9.69 Å². The van der Waals surface area contributed by atoms with Crippen LogP contribution >= 0.6 is 11.3 Å². The molecule has 2 saturated heterocycles. The molecule has 2 aliphatic heterocycles. The lowest BCUT2D eigenvalue weighted by atomic mass is 9.91. The quantitative estimate of drug-likeness (QED) is 0.514. The summed E-state index contributed by atoms with van der Waals surface area (Å²) >= 11 is 1.61. The van der Waals surface area contributed by atoms with Gasteiger partial charge in [-0.1, -0.05) is 0 Å². The number of carboxylic acids is 2. The Bertz CT molecular complexity index is 913. The third kappa shape index (κ3) is 9.73. The zero-order chi connectivity index (χ0) is 28.8. The molecule has 1 amide bonds. The van der Waals surface area contributed by atoms with Crippen LogP contribution in [0.2, 0.25) is 0 Å². The van der Waals surface area contributed by atoms with Gasteiger partial charge in [0.2, 0.25) is 0 Å². The number of hydrogen-bond donors (Lipinski definition) is 2. The normalized spacial score (nSPS) is 23.6. The average molecular weight is 576 g/mol. The Kier molecular flexibility index (Phi) is 11.0. The maximum Gasteiger partial charge on any atom is 0.490 e. The van der Waals surface area contributed by atoms with Crippen LogP contribution in [-0.2, 0) is 9.59 Å². The Hall–Kier alpha value is -2.39. The number of aliphatic carboxylic acids is 2. The lowest BCUT2D eigenvalue weighted by molar-refractivity contribution is -0.193. The fourth-order valence-corrected chi connectivity index (χ4v) is 5.31. The molecule has 1 aliphatic carbocycles. The molecule has 38 heavy (non-hydrogen) atoms. The Morgan fingerprint density at radius 2 is 1.58 bits per heavy atom. The van der Waals surface area contributed by atoms with E-state index in [2.05, 4.69) is 28.8 Å². The van der Waals surface area contributed by atoms with Crippen molar-refractivity contribution in [2.24, 2.45) is 11.8 Å². The number of likely N-dealkylation sites (tertiary alicyclic amines) is 2. The van der Waals surface area contributed by atoms with Gasteiger partial charge in [-0.25, -0.2) is 9.59 Å². The standard InChI is InChI=1S/C19H29N3OS.2C2HF3O2/c1-20(2)12-17-9-16-11-21(19(23)15-6-8-24-13-15)7-5-18(16)22(17)10-14-3-4-14;2*3-2(4,5)1(6)7/h6,8,13-14,16-18H,3-5,7,9-12H2,1-2H3;2*(H,6,7)/t16-,17+,18+;;/m1../s1. The second-order valence-corrected chi connectivity index (χ2v) is 10.6. The van der Waals surface area contributed by atoms with E-state index >= 15 is 0 Å². The molecule has 0 radical (unpaired) electrons. The molecular formula is C23H31F6N3O5S. The molecule has 3 atom stereocenters. The second kappa shape index (κ2) is 13.1. The number of carboxylic acid groups (broad SMARTS) is 2. The number of piperidine rings is 1. The first kappa shape index (κ1) is 31.8. The molecule has 2 N–H and O–H groups in total. The van der Waals surface area contributed by atoms with Crippen LogP contribution in [0.5, 0.6) is 0 Å². The van der Waals surface area contributed by atoms with Crippen molar-refractivity contribution in [2.45, 2.75) is 50.1 Å². The predicted octanol–water partition coefficient (Wildman–Crippen LogP) is 3.89. The largest absolute Gasteiger partial charge is 0.490 e. The minimum Gasteiger partial charge on any atom is -0.475 e. The number of amides is 1. The Morgan fingerprint density at radius 3 is 2.00 bits per heavy atom. The van der Waals surface area contributed by atoms with Crippen molar-refractivity contribution in [1.82, 2.24) is 14.7 Å². The first-order valence-electron chi connectivity index (χ1n) is 11.8. The first-order chi connectivity index (χ1) is 17.5. The molecule has 4 rings (SSSR count). The highest BCUT2D eigenvalue weighted by atomic mass is 32.1. The van der Waals surface area contributed by atoms with Crippen molar-refractivity contribution in [2.75, 3.05) is 40.3 Å². The van der Waals surface area contributed by atoms with Crippen LogP contribution in [0.4, 0.5) is 26.3 Å². The van der Waals surface area contributed by atoms with Crippen LogP contribution < -0.4 is 0 Å². The first-order valence-corrected chi connectivity index (χ1v) is 12.8. The van der Waals surface area contributed by atoms with E-state index in [4.69, 9.17) is 19.8 Å². The monoisotopic (exact) mass is 575 g/mol. The molecule has 8 nitrogen and oxygen atoms in total. The molecule has 3 fully saturated rings. The lowest BCUT2D eigenvalue weighted by Crippen LogP contribution is -2.49. The number of carbonyl (C=O) groups is 3. The maximum absolute atomic E-state index is 12.7. The summed E-state index contributed by atoms with van der Waals surface area (Å²) in [4.78, 5) is 37.7. The fourth-order valence-electron chi connectivity index (χ4n) is 4.68. The van der Waals surface area contributed by atoms with Crippen molar-refractivity contribution in [1.29, 1.82) is 0 Å². The minimum absolute atomic E-state index is 0.236. The molecule has 3 aliphatic rings. The van der Waals surface area contributed by atoms with Gasteiger partial charge < -0.3 is 20.0 Å². The lowest BCUT2D eigenvalue weighted by Gasteiger charge is -2.39. The van der Waals surface area contributed by atoms with Gasteiger partial charge in [0, 0.05) is 43.6 Å². The fraction of sp³-hybridized carbons (Fsp3) is 0.696. The van der Waals surface area contributed by atoms with E-state index in [-0.39, 0.29) is 5.91 Å². The molecule has 216 valence electrons. The zero-order valence-corrected chi connectivity index (χ0v) is 21.7. The van der Waals surface area contributed by atoms with Crippen molar-refractivity contribution >= 4 is 29.2 Å². The predicted molar refractivity (Wildman–Crippen MR) is 126 cm³/mol. The highest BCUT2D eigenvalue weighted by molar-refractivity contribution is 7.08. The summed E-state index contributed by atoms with van der Waals surface area (Å²) in [7, 11) is 4.37. The minimum atomic E-state index is -5.08. The van der Waals surface area contributed by atoms with E-state index in [9.17, 15) is 31.1 Å². The van der Waals surface area contributed by atoms with E-state index in [1.807, 2.05) is 16.8 Å². The number of likely N-dealkylation sites (N-methyl/N-ethyl adjacent to an activating group) is 1. The van der Waals surface area contributed by atoms with Gasteiger partial charge in [0.1, 0.15) is 0 Å². The summed E-state index contributed by atoms with van der Waals surface area (Å²) in [6.07, 6.45) is -4.92. The summed E-state index contributed by atoms with van der Waals surface area (Å²) in [6, 6.07) is 3.33. The van der Waals surface area contributed by atoms with Crippen LogP contribution in [-0.4, -0.2) is 107 Å². The van der Waals surface area contributed by atoms with Crippen LogP contribution in [0.25, 0.3) is 0 Å². The summed E-state index contributed by atoms with van der Waals surface area (Å²) in [6.45, 7) is 4.31. The Balaban J connectivity index is 0.000000301. The van der Waals surface area contributed by atoms with E-state index in [1.165, 1.54) is 25.8 Å². The van der Waals surface area contributed by atoms with Crippen molar-refractivity contribution in [3.63, 3.8) is 0 Å². The van der Waals surface area contributed by atoms with Crippen LogP contribution in [0.1, 0.15) is 36.0 Å². The highest BCUT2D eigenvalue weighted by Gasteiger charge is 2.46. The van der Waals surface area contributed by atoms with Crippen LogP contribution in [0.3, 0.4) is 0 Å². The molecule has 0 aromatic carbocycles. The Morgan fingerprint density at radius 1 is 1.03 bits per heavy atom. The number of rotatable bonds is 5. The average Bonchev–Trinajstić information content (AvgIpc) is 3.32. The van der Waals surface area contributed by atoms with E-state index in [0.717, 1.165) is 37.5 Å². The van der Waals surface area contributed by atoms with Gasteiger partial charge in [0.15, 0.2) is 0 Å². The SMILES string of the molecule is CN(C)C[C@@H]1C[C@@H]2CN(C(=O)c3ccsc3)CC[C@@H]2N1CC1CC1.O=C(O)C(F)(F)F.O=C(O)C(F)(F)F. The van der Waals surface area contributed by atoms with Crippen molar-refractivity contribution in [3.05, 3.63) is 22.4 Å². The highest BCUT2D eigenvalue weighted by Crippen LogP contribution is 2.40. The maximum atomic E-state index is 12.7. The molecule has 1 aromatic rings. The number of alkyl halides is 6. The number of carbonyl (C=O) groups excluding carboxylic acids is 1. The van der Waals surface area contributed by atoms with Crippen LogP contribution in [0, 0.1) is 11.8 Å². The number of nitrogens with zero attached hydrogens (tertiary/aromatic N) is 3. The third-order valence-corrected chi connectivity index (χ3v) is 7.13. The van der Waals surface area contributed by atoms with E-state index in [1.54, 1.807) is 11.3 Å². The molecule has 1 saturated carbocycles. The zero-order valence-electron chi connectivity index (χ0n) is 20.8. The van der Waals surface area contributed by atoms with E-state index in [0.29, 0.717) is 18.0 Å². The molecule has 0 unspecified atom stereocenters. The molecule has 1 aromatic heterocycles. The van der Waals surface area contributed by atoms with Crippen LogP contribution in [0.15, 0.2) is 16.8 Å². The van der Waals surface area contributed by atoms with Crippen molar-refractivity contribution < 1.29 is 50.9 Å². The van der Waals surface area contributed by atoms with E-state index < -0.39 is 24.3 Å². The molecule has 3 heterocycles. The van der Waals surface area contributed by atoms with Gasteiger partial charge in [0.25, 0.3) is 5.91 Å². The molecule has 0 spiro atoms. The molecular weight excluding hydrogens is 544 g/mol. The number of hydrogen-bond acceptors (Lipinski definition) is 6. The molecule has 15 heteroatoms. The third-order valence-electron chi connectivity index (χ3n) is 6.45. The molecule has 0 bridgehead atoms. The van der Waals surface area contributed by atoms with Gasteiger partial charge >= 0.3 is 24.3 Å². The van der Waals surface area contributed by atoms with Gasteiger partial charge in [-0.2, -0.15) is 37.7 Å². The smallest absolute Gasteiger partial charge is 0.475 e. The van der Waals surface area contributed by atoms with Gasteiger partial charge in [-0.15, -0.1) is 0 Å². The Labute approximate surface area is 219 Å². The van der Waals surface area contributed by atoms with Gasteiger partial charge in [0.05, 0.1) is 5.56 Å². The summed E-state index contributed by atoms with van der Waals surface area (Å²) in [5.74, 6) is -3.68. The topological polar surface area (TPSA) is 101 Å². The number of fused-ring (bicyclic) bond motifs is 1. The summed E-state index contributed by atoms with van der Waals surface area (Å²) < 4.78 is 63.5. The summed E-state index contributed by atoms with van der Waals surface area (Å²) in [5.41, 5.74) is 0.871. The number of halogens is 6. The van der Waals surface area contributed by atoms with Crippen molar-refractivity contribution in [3.8, 4) is 0 Å². The van der Waals surface area contributed by atoms with Gasteiger partial charge in [-0.05, 0) is 63.1 Å².